The number of phenols is 1. The molecule has 1 aliphatic heterocycles. The molecule has 1 saturated heterocycles. The summed E-state index contributed by atoms with van der Waals surface area (Å²) in [4.78, 5) is 14.5. The van der Waals surface area contributed by atoms with Crippen molar-refractivity contribution >= 4 is 17.4 Å². The van der Waals surface area contributed by atoms with E-state index in [2.05, 4.69) is 10.2 Å². The third kappa shape index (κ3) is 3.77. The molecule has 1 aliphatic rings. The Morgan fingerprint density at radius 3 is 2.44 bits per heavy atom. The molecule has 1 atom stereocenters. The molecule has 0 unspecified atom stereocenters. The van der Waals surface area contributed by atoms with Gasteiger partial charge in [-0.3, -0.25) is 4.90 Å². The first-order chi connectivity index (χ1) is 12.4. The zero-order valence-corrected chi connectivity index (χ0v) is 17.3. The molecule has 0 bridgehead atoms. The van der Waals surface area contributed by atoms with Gasteiger partial charge in [-0.25, -0.2) is 4.79 Å². The van der Waals surface area contributed by atoms with Gasteiger partial charge in [-0.15, -0.1) is 10.2 Å². The molecular weight excluding hydrogens is 366 g/mol. The second kappa shape index (κ2) is 6.45. The first-order valence-electron chi connectivity index (χ1n) is 8.73. The maximum atomic E-state index is 12.9. The van der Waals surface area contributed by atoms with Crippen molar-refractivity contribution in [3.8, 4) is 16.3 Å². The van der Waals surface area contributed by atoms with Crippen molar-refractivity contribution in [1.82, 2.24) is 15.1 Å². The van der Waals surface area contributed by atoms with Gasteiger partial charge in [0.25, 0.3) is 0 Å². The largest absolute Gasteiger partial charge is 0.508 e. The standard InChI is InChI=1S/C19H25N3O4S/c1-17(2,3)26-16(24)22-18(4,5)25-11-19(22,6)15-21-20-14(27-15)12-7-9-13(23)10-8-12/h7-10,23H,11H2,1-6H3/t19-/m1/s1. The highest BCUT2D eigenvalue weighted by Gasteiger charge is 2.55. The summed E-state index contributed by atoms with van der Waals surface area (Å²) < 4.78 is 11.5. The van der Waals surface area contributed by atoms with Crippen LogP contribution in [0.4, 0.5) is 4.79 Å². The highest BCUT2D eigenvalue weighted by atomic mass is 32.1. The van der Waals surface area contributed by atoms with Crippen LogP contribution in [0.5, 0.6) is 5.75 Å². The van der Waals surface area contributed by atoms with Gasteiger partial charge in [-0.05, 0) is 65.8 Å². The minimum Gasteiger partial charge on any atom is -0.508 e. The summed E-state index contributed by atoms with van der Waals surface area (Å²) in [6, 6.07) is 6.77. The fraction of sp³-hybridized carbons (Fsp3) is 0.526. The molecule has 7 nitrogen and oxygen atoms in total. The summed E-state index contributed by atoms with van der Waals surface area (Å²) >= 11 is 1.39. The van der Waals surface area contributed by atoms with E-state index in [-0.39, 0.29) is 5.75 Å². The van der Waals surface area contributed by atoms with Crippen LogP contribution in [0.3, 0.4) is 0 Å². The fourth-order valence-electron chi connectivity index (χ4n) is 3.09. The minimum atomic E-state index is -0.832. The van der Waals surface area contributed by atoms with E-state index in [4.69, 9.17) is 9.47 Å². The zero-order chi connectivity index (χ0) is 20.0. The second-order valence-electron chi connectivity index (χ2n) is 8.28. The average Bonchev–Trinajstić information content (AvgIpc) is 3.10. The van der Waals surface area contributed by atoms with E-state index in [1.807, 2.05) is 41.5 Å². The topological polar surface area (TPSA) is 84.8 Å². The molecule has 0 saturated carbocycles. The smallest absolute Gasteiger partial charge is 0.413 e. The van der Waals surface area contributed by atoms with Crippen LogP contribution in [0, 0.1) is 0 Å². The number of benzene rings is 1. The number of carbonyl (C=O) groups is 1. The third-order valence-corrected chi connectivity index (χ3v) is 5.54. The van der Waals surface area contributed by atoms with Crippen molar-refractivity contribution in [3.63, 3.8) is 0 Å². The van der Waals surface area contributed by atoms with Gasteiger partial charge in [0.15, 0.2) is 0 Å². The van der Waals surface area contributed by atoms with Gasteiger partial charge >= 0.3 is 6.09 Å². The summed E-state index contributed by atoms with van der Waals surface area (Å²) in [6.45, 7) is 11.4. The lowest BCUT2D eigenvalue weighted by molar-refractivity contribution is -0.0685. The van der Waals surface area contributed by atoms with Gasteiger partial charge in [-0.1, -0.05) is 11.3 Å². The van der Waals surface area contributed by atoms with E-state index in [0.29, 0.717) is 16.6 Å². The highest BCUT2D eigenvalue weighted by molar-refractivity contribution is 7.14. The van der Waals surface area contributed by atoms with Gasteiger partial charge in [0.05, 0.1) is 6.61 Å². The van der Waals surface area contributed by atoms with E-state index in [9.17, 15) is 9.90 Å². The van der Waals surface area contributed by atoms with Gasteiger partial charge in [0, 0.05) is 5.56 Å². The summed E-state index contributed by atoms with van der Waals surface area (Å²) in [5, 5.41) is 19.5. The molecule has 1 fully saturated rings. The molecule has 146 valence electrons. The number of nitrogens with zero attached hydrogens (tertiary/aromatic N) is 3. The molecular formula is C19H25N3O4S. The summed E-state index contributed by atoms with van der Waals surface area (Å²) in [7, 11) is 0. The lowest BCUT2D eigenvalue weighted by atomic mass is 10.0. The van der Waals surface area contributed by atoms with Crippen molar-refractivity contribution in [2.45, 2.75) is 58.4 Å². The minimum absolute atomic E-state index is 0.192. The van der Waals surface area contributed by atoms with Crippen LogP contribution in [-0.2, 0) is 15.0 Å². The van der Waals surface area contributed by atoms with Crippen molar-refractivity contribution in [1.29, 1.82) is 0 Å². The van der Waals surface area contributed by atoms with Crippen LogP contribution in [0.15, 0.2) is 24.3 Å². The number of ether oxygens (including phenoxy) is 2. The van der Waals surface area contributed by atoms with Crippen LogP contribution < -0.4 is 0 Å². The molecule has 0 radical (unpaired) electrons. The normalized spacial score (nSPS) is 22.1. The van der Waals surface area contributed by atoms with Gasteiger partial charge in [-0.2, -0.15) is 0 Å². The SMILES string of the molecule is CC(C)(C)OC(=O)N1C(C)(C)OC[C@]1(C)c1nnc(-c2ccc(O)cc2)s1. The quantitative estimate of drug-likeness (QED) is 0.829. The fourth-order valence-corrected chi connectivity index (χ4v) is 4.06. The van der Waals surface area contributed by atoms with E-state index >= 15 is 0 Å². The Hall–Kier alpha value is -2.19. The van der Waals surface area contributed by atoms with Crippen LogP contribution in [0.25, 0.3) is 10.6 Å². The predicted molar refractivity (Wildman–Crippen MR) is 102 cm³/mol. The summed E-state index contributed by atoms with van der Waals surface area (Å²) in [5.74, 6) is 0.192. The molecule has 0 spiro atoms. The van der Waals surface area contributed by atoms with Gasteiger partial charge in [0.2, 0.25) is 0 Å². The molecule has 1 N–H and O–H groups in total. The number of phenolic OH excluding ortho intramolecular Hbond substituents is 1. The summed E-state index contributed by atoms with van der Waals surface area (Å²) in [5.41, 5.74) is -1.39. The van der Waals surface area contributed by atoms with E-state index in [1.165, 1.54) is 11.3 Å². The first kappa shape index (κ1) is 19.6. The number of rotatable bonds is 2. The third-order valence-electron chi connectivity index (χ3n) is 4.31. The van der Waals surface area contributed by atoms with Crippen LogP contribution in [0.1, 0.15) is 46.6 Å². The number of carbonyl (C=O) groups excluding carboxylic acids is 1. The lowest BCUT2D eigenvalue weighted by Gasteiger charge is -2.39. The van der Waals surface area contributed by atoms with Crippen LogP contribution in [0.2, 0.25) is 0 Å². The maximum absolute atomic E-state index is 12.9. The van der Waals surface area contributed by atoms with Crippen molar-refractivity contribution < 1.29 is 19.4 Å². The van der Waals surface area contributed by atoms with Crippen molar-refractivity contribution in [2.24, 2.45) is 0 Å². The number of aromatic hydroxyl groups is 1. The Kier molecular flexibility index (Phi) is 4.68. The number of hydrogen-bond acceptors (Lipinski definition) is 7. The van der Waals surface area contributed by atoms with E-state index in [1.54, 1.807) is 29.2 Å². The molecule has 1 aromatic heterocycles. The Morgan fingerprint density at radius 1 is 1.22 bits per heavy atom. The number of aromatic nitrogens is 2. The molecule has 1 amide bonds. The van der Waals surface area contributed by atoms with E-state index < -0.39 is 23.0 Å². The molecule has 1 aromatic carbocycles. The van der Waals surface area contributed by atoms with Crippen LogP contribution in [-0.4, -0.2) is 44.2 Å². The highest BCUT2D eigenvalue weighted by Crippen LogP contribution is 2.44. The summed E-state index contributed by atoms with van der Waals surface area (Å²) in [6.07, 6.45) is -0.450. The average molecular weight is 391 g/mol. The Labute approximate surface area is 162 Å². The van der Waals surface area contributed by atoms with Gasteiger partial charge < -0.3 is 14.6 Å². The van der Waals surface area contributed by atoms with Crippen molar-refractivity contribution in [3.05, 3.63) is 29.3 Å². The monoisotopic (exact) mass is 391 g/mol. The Bertz CT molecular complexity index is 841. The number of hydrogen-bond donors (Lipinski definition) is 1. The predicted octanol–water partition coefficient (Wildman–Crippen LogP) is 4.13. The van der Waals surface area contributed by atoms with E-state index in [0.717, 1.165) is 5.56 Å². The maximum Gasteiger partial charge on any atom is 0.413 e. The molecule has 2 aromatic rings. The zero-order valence-electron chi connectivity index (χ0n) is 16.4. The van der Waals surface area contributed by atoms with Crippen molar-refractivity contribution in [2.75, 3.05) is 6.61 Å². The van der Waals surface area contributed by atoms with Gasteiger partial charge in [0.1, 0.15) is 32.6 Å². The van der Waals surface area contributed by atoms with Crippen LogP contribution >= 0.6 is 11.3 Å². The first-order valence-corrected chi connectivity index (χ1v) is 9.55. The molecule has 8 heteroatoms. The molecule has 27 heavy (non-hydrogen) atoms. The Morgan fingerprint density at radius 2 is 1.85 bits per heavy atom. The lowest BCUT2D eigenvalue weighted by Crippen LogP contribution is -2.54. The second-order valence-corrected chi connectivity index (χ2v) is 9.26. The number of amides is 1. The molecule has 3 rings (SSSR count). The molecule has 0 aliphatic carbocycles. The Balaban J connectivity index is 1.96. The molecule has 2 heterocycles.